The third-order valence-corrected chi connectivity index (χ3v) is 5.00. The highest BCUT2D eigenvalue weighted by molar-refractivity contribution is 7.20. The summed E-state index contributed by atoms with van der Waals surface area (Å²) in [6.45, 7) is 1.35. The molecule has 0 N–H and O–H groups in total. The van der Waals surface area contributed by atoms with Crippen molar-refractivity contribution in [2.75, 3.05) is 0 Å². The van der Waals surface area contributed by atoms with Crippen LogP contribution in [0.1, 0.15) is 27.6 Å². The molecule has 1 nitrogen and oxygen atoms in total. The van der Waals surface area contributed by atoms with Gasteiger partial charge in [0.15, 0.2) is 0 Å². The van der Waals surface area contributed by atoms with Gasteiger partial charge < -0.3 is 4.74 Å². The third-order valence-electron chi connectivity index (χ3n) is 2.99. The minimum atomic E-state index is -0.271. The lowest BCUT2D eigenvalue weighted by Gasteiger charge is -2.10. The highest BCUT2D eigenvalue weighted by Gasteiger charge is 2.19. The molecule has 0 radical (unpaired) electrons. The summed E-state index contributed by atoms with van der Waals surface area (Å²) in [7, 11) is 0. The molecule has 5 heteroatoms. The van der Waals surface area contributed by atoms with Gasteiger partial charge in [-0.1, -0.05) is 41.4 Å². The van der Waals surface area contributed by atoms with Crippen molar-refractivity contribution in [3.05, 3.63) is 55.2 Å². The van der Waals surface area contributed by atoms with Gasteiger partial charge >= 0.3 is 0 Å². The van der Waals surface area contributed by atoms with Crippen molar-refractivity contribution in [1.82, 2.24) is 0 Å². The monoisotopic (exact) mass is 318 g/mol. The van der Waals surface area contributed by atoms with Crippen LogP contribution < -0.4 is 0 Å². The van der Waals surface area contributed by atoms with Crippen molar-refractivity contribution in [3.8, 4) is 0 Å². The fourth-order valence-electron chi connectivity index (χ4n) is 2.05. The molecule has 0 amide bonds. The first kappa shape index (κ1) is 12.8. The van der Waals surface area contributed by atoms with E-state index in [1.807, 2.05) is 12.1 Å². The number of ether oxygens (including phenoxy) is 1. The summed E-state index contributed by atoms with van der Waals surface area (Å²) in [6, 6.07) is 8.00. The summed E-state index contributed by atoms with van der Waals surface area (Å²) in [5.41, 5.74) is 4.33. The van der Waals surface area contributed by atoms with Crippen LogP contribution in [-0.4, -0.2) is 0 Å². The van der Waals surface area contributed by atoms with E-state index in [9.17, 15) is 0 Å². The van der Waals surface area contributed by atoms with E-state index < -0.39 is 0 Å². The lowest BCUT2D eigenvalue weighted by atomic mass is 10.0. The minimum Gasteiger partial charge on any atom is -0.372 e. The molecule has 2 aromatic rings. The Balaban J connectivity index is 1.97. The van der Waals surface area contributed by atoms with E-state index >= 15 is 0 Å². The van der Waals surface area contributed by atoms with Crippen LogP contribution in [-0.2, 0) is 18.0 Å². The summed E-state index contributed by atoms with van der Waals surface area (Å²) in [5, 5.41) is -0.271. The quantitative estimate of drug-likeness (QED) is 0.672. The van der Waals surface area contributed by atoms with E-state index in [1.165, 1.54) is 22.5 Å². The molecule has 0 bridgehead atoms. The SMILES string of the molecule is Clc1cc(C(Cl)c2ccc3c(c2)COC3)c(Cl)s1. The van der Waals surface area contributed by atoms with Gasteiger partial charge in [-0.15, -0.1) is 22.9 Å². The molecule has 18 heavy (non-hydrogen) atoms. The van der Waals surface area contributed by atoms with Crippen molar-refractivity contribution in [2.24, 2.45) is 0 Å². The second kappa shape index (κ2) is 5.03. The van der Waals surface area contributed by atoms with Gasteiger partial charge in [-0.3, -0.25) is 0 Å². The van der Waals surface area contributed by atoms with E-state index in [0.717, 1.165) is 11.1 Å². The Labute approximate surface area is 124 Å². The Morgan fingerprint density at radius 2 is 1.89 bits per heavy atom. The molecule has 1 atom stereocenters. The second-order valence-corrected chi connectivity index (χ2v) is 6.89. The van der Waals surface area contributed by atoms with Crippen LogP contribution in [0.5, 0.6) is 0 Å². The fraction of sp³-hybridized carbons (Fsp3) is 0.231. The molecule has 0 fully saturated rings. The van der Waals surface area contributed by atoms with Crippen LogP contribution in [0.15, 0.2) is 24.3 Å². The molecule has 1 aromatic heterocycles. The molecular weight excluding hydrogens is 311 g/mol. The highest BCUT2D eigenvalue weighted by atomic mass is 35.5. The van der Waals surface area contributed by atoms with Gasteiger partial charge in [0.2, 0.25) is 0 Å². The lowest BCUT2D eigenvalue weighted by Crippen LogP contribution is -1.94. The van der Waals surface area contributed by atoms with Crippen molar-refractivity contribution < 1.29 is 4.74 Å². The maximum atomic E-state index is 6.47. The van der Waals surface area contributed by atoms with Gasteiger partial charge in [0.1, 0.15) is 0 Å². The maximum Gasteiger partial charge on any atom is 0.0994 e. The average Bonchev–Trinajstić information content (AvgIpc) is 2.93. The second-order valence-electron chi connectivity index (χ2n) is 4.16. The van der Waals surface area contributed by atoms with E-state index in [-0.39, 0.29) is 5.38 Å². The number of rotatable bonds is 2. The number of hydrogen-bond acceptors (Lipinski definition) is 2. The van der Waals surface area contributed by atoms with Crippen LogP contribution in [0.4, 0.5) is 0 Å². The highest BCUT2D eigenvalue weighted by Crippen LogP contribution is 2.41. The topological polar surface area (TPSA) is 9.23 Å². The number of benzene rings is 1. The molecule has 0 aliphatic carbocycles. The molecule has 1 aromatic carbocycles. The van der Waals surface area contributed by atoms with Gasteiger partial charge in [0.05, 0.1) is 27.3 Å². The standard InChI is InChI=1S/C13H9Cl3OS/c14-11-4-10(13(16)18-11)12(15)7-1-2-8-5-17-6-9(8)3-7/h1-4,12H,5-6H2. The molecule has 1 unspecified atom stereocenters. The van der Waals surface area contributed by atoms with E-state index in [0.29, 0.717) is 21.9 Å². The van der Waals surface area contributed by atoms with E-state index in [2.05, 4.69) is 12.1 Å². The molecule has 0 spiro atoms. The Morgan fingerprint density at radius 3 is 2.61 bits per heavy atom. The Bertz CT molecular complexity index is 594. The van der Waals surface area contributed by atoms with Gasteiger partial charge in [0.25, 0.3) is 0 Å². The summed E-state index contributed by atoms with van der Waals surface area (Å²) < 4.78 is 6.70. The largest absolute Gasteiger partial charge is 0.372 e. The number of thiophene rings is 1. The first-order valence-corrected chi connectivity index (χ1v) is 7.44. The van der Waals surface area contributed by atoms with Crippen molar-refractivity contribution in [3.63, 3.8) is 0 Å². The molecule has 1 aliphatic heterocycles. The predicted molar refractivity (Wildman–Crippen MR) is 77.0 cm³/mol. The molecule has 1 aliphatic rings. The van der Waals surface area contributed by atoms with Crippen LogP contribution in [0, 0.1) is 0 Å². The number of fused-ring (bicyclic) bond motifs is 1. The summed E-state index contributed by atoms with van der Waals surface area (Å²) in [4.78, 5) is 0. The molecule has 0 saturated heterocycles. The zero-order valence-corrected chi connectivity index (χ0v) is 12.3. The number of alkyl halides is 1. The Hall–Kier alpha value is -0.250. The van der Waals surface area contributed by atoms with Crippen LogP contribution in [0.25, 0.3) is 0 Å². The first-order valence-electron chi connectivity index (χ1n) is 5.43. The van der Waals surface area contributed by atoms with Crippen molar-refractivity contribution in [1.29, 1.82) is 0 Å². The first-order chi connectivity index (χ1) is 8.65. The maximum absolute atomic E-state index is 6.47. The van der Waals surface area contributed by atoms with E-state index in [4.69, 9.17) is 39.5 Å². The molecule has 94 valence electrons. The molecule has 0 saturated carbocycles. The molecular formula is C13H9Cl3OS. The average molecular weight is 320 g/mol. The summed E-state index contributed by atoms with van der Waals surface area (Å²) in [5.74, 6) is 0. The lowest BCUT2D eigenvalue weighted by molar-refractivity contribution is 0.134. The normalized spacial score (nSPS) is 15.7. The van der Waals surface area contributed by atoms with Gasteiger partial charge in [-0.25, -0.2) is 0 Å². The smallest absolute Gasteiger partial charge is 0.0994 e. The van der Waals surface area contributed by atoms with Crippen LogP contribution in [0.3, 0.4) is 0 Å². The summed E-state index contributed by atoms with van der Waals surface area (Å²) >= 11 is 19.9. The van der Waals surface area contributed by atoms with Crippen molar-refractivity contribution in [2.45, 2.75) is 18.6 Å². The molecule has 2 heterocycles. The Kier molecular flexibility index (Phi) is 3.57. The van der Waals surface area contributed by atoms with Gasteiger partial charge in [-0.2, -0.15) is 0 Å². The Morgan fingerprint density at radius 1 is 1.11 bits per heavy atom. The summed E-state index contributed by atoms with van der Waals surface area (Å²) in [6.07, 6.45) is 0. The van der Waals surface area contributed by atoms with Gasteiger partial charge in [-0.05, 0) is 22.8 Å². The van der Waals surface area contributed by atoms with Crippen LogP contribution >= 0.6 is 46.1 Å². The third kappa shape index (κ3) is 2.28. The van der Waals surface area contributed by atoms with Crippen LogP contribution in [0.2, 0.25) is 8.67 Å². The van der Waals surface area contributed by atoms with Crippen molar-refractivity contribution >= 4 is 46.1 Å². The predicted octanol–water partition coefficient (Wildman–Crippen LogP) is 5.41. The minimum absolute atomic E-state index is 0.271. The fourth-order valence-corrected chi connectivity index (χ4v) is 4.02. The van der Waals surface area contributed by atoms with Gasteiger partial charge in [0, 0.05) is 5.56 Å². The zero-order chi connectivity index (χ0) is 12.7. The number of halogens is 3. The van der Waals surface area contributed by atoms with E-state index in [1.54, 1.807) is 0 Å². The zero-order valence-electron chi connectivity index (χ0n) is 9.25. The number of hydrogen-bond donors (Lipinski definition) is 0. The molecule has 3 rings (SSSR count).